The van der Waals surface area contributed by atoms with E-state index < -0.39 is 36.2 Å². The van der Waals surface area contributed by atoms with Crippen LogP contribution in [-0.4, -0.2) is 29.6 Å². The lowest BCUT2D eigenvalue weighted by Crippen LogP contribution is -2.51. The zero-order valence-electron chi connectivity index (χ0n) is 11.4. The Hall–Kier alpha value is -1.18. The minimum atomic E-state index is -4.51. The molecule has 22 heavy (non-hydrogen) atoms. The number of alkyl halides is 3. The van der Waals surface area contributed by atoms with Gasteiger partial charge in [-0.25, -0.2) is 8.78 Å². The second-order valence-corrected chi connectivity index (χ2v) is 6.03. The number of rotatable bonds is 2. The summed E-state index contributed by atoms with van der Waals surface area (Å²) in [6.45, 7) is -0.0242. The van der Waals surface area contributed by atoms with Gasteiger partial charge in [0, 0.05) is 12.1 Å². The van der Waals surface area contributed by atoms with E-state index in [0.717, 1.165) is 17.0 Å². The summed E-state index contributed by atoms with van der Waals surface area (Å²) in [5.41, 5.74) is -0.253. The van der Waals surface area contributed by atoms with Crippen molar-refractivity contribution >= 4 is 21.8 Å². The van der Waals surface area contributed by atoms with E-state index in [1.807, 2.05) is 0 Å². The summed E-state index contributed by atoms with van der Waals surface area (Å²) >= 11 is 2.80. The van der Waals surface area contributed by atoms with Crippen LogP contribution in [0.3, 0.4) is 0 Å². The van der Waals surface area contributed by atoms with Crippen molar-refractivity contribution in [1.29, 1.82) is 0 Å². The largest absolute Gasteiger partial charge is 0.408 e. The number of benzene rings is 1. The molecular weight excluding hydrogens is 373 g/mol. The Morgan fingerprint density at radius 2 is 1.91 bits per heavy atom. The van der Waals surface area contributed by atoms with Crippen LogP contribution in [0, 0.1) is 11.6 Å². The molecule has 1 fully saturated rings. The first-order valence-corrected chi connectivity index (χ1v) is 7.49. The first-order valence-electron chi connectivity index (χ1n) is 6.69. The average molecular weight is 386 g/mol. The van der Waals surface area contributed by atoms with Crippen LogP contribution in [0.4, 0.5) is 22.0 Å². The third kappa shape index (κ3) is 3.77. The number of nitrogens with zero attached hydrogens (tertiary/aromatic N) is 1. The maximum Gasteiger partial charge on any atom is 0.408 e. The lowest BCUT2D eigenvalue weighted by molar-refractivity contribution is -0.195. The van der Waals surface area contributed by atoms with Gasteiger partial charge in [-0.3, -0.25) is 4.79 Å². The van der Waals surface area contributed by atoms with Gasteiger partial charge in [-0.1, -0.05) is 0 Å². The van der Waals surface area contributed by atoms with E-state index in [1.165, 1.54) is 0 Å². The van der Waals surface area contributed by atoms with Crippen molar-refractivity contribution < 1.29 is 26.7 Å². The Bertz CT molecular complexity index is 575. The summed E-state index contributed by atoms with van der Waals surface area (Å²) in [5.74, 6) is -2.44. The zero-order chi connectivity index (χ0) is 16.5. The lowest BCUT2D eigenvalue weighted by atomic mass is 10.00. The first kappa shape index (κ1) is 17.2. The molecule has 0 aliphatic carbocycles. The SMILES string of the molecule is O=C(Cc1cc(F)c(Br)cc1F)N1CCCCC1C(F)(F)F. The molecule has 122 valence electrons. The van der Waals surface area contributed by atoms with Crippen LogP contribution < -0.4 is 0 Å². The minimum Gasteiger partial charge on any atom is -0.330 e. The summed E-state index contributed by atoms with van der Waals surface area (Å²) in [6, 6.07) is -0.170. The topological polar surface area (TPSA) is 20.3 Å². The first-order chi connectivity index (χ1) is 10.2. The van der Waals surface area contributed by atoms with Crippen molar-refractivity contribution in [2.45, 2.75) is 37.9 Å². The number of carbonyl (C=O) groups excluding carboxylic acids is 1. The van der Waals surface area contributed by atoms with E-state index in [4.69, 9.17) is 0 Å². The highest BCUT2D eigenvalue weighted by Gasteiger charge is 2.46. The maximum atomic E-state index is 13.7. The van der Waals surface area contributed by atoms with Crippen molar-refractivity contribution in [3.63, 3.8) is 0 Å². The molecule has 1 unspecified atom stereocenters. The monoisotopic (exact) mass is 385 g/mol. The van der Waals surface area contributed by atoms with E-state index in [1.54, 1.807) is 0 Å². The quantitative estimate of drug-likeness (QED) is 0.551. The highest BCUT2D eigenvalue weighted by atomic mass is 79.9. The number of carbonyl (C=O) groups is 1. The van der Waals surface area contributed by atoms with Gasteiger partial charge in [0.25, 0.3) is 0 Å². The lowest BCUT2D eigenvalue weighted by Gasteiger charge is -2.36. The molecule has 0 radical (unpaired) electrons. The van der Waals surface area contributed by atoms with Gasteiger partial charge < -0.3 is 4.90 Å². The Morgan fingerprint density at radius 3 is 2.55 bits per heavy atom. The Morgan fingerprint density at radius 1 is 1.23 bits per heavy atom. The van der Waals surface area contributed by atoms with E-state index in [0.29, 0.717) is 12.8 Å². The third-order valence-corrected chi connectivity index (χ3v) is 4.24. The smallest absolute Gasteiger partial charge is 0.330 e. The number of hydrogen-bond donors (Lipinski definition) is 0. The molecule has 0 N–H and O–H groups in total. The van der Waals surface area contributed by atoms with E-state index >= 15 is 0 Å². The second-order valence-electron chi connectivity index (χ2n) is 5.17. The summed E-state index contributed by atoms with van der Waals surface area (Å²) in [7, 11) is 0. The minimum absolute atomic E-state index is 0.0242. The molecule has 0 spiro atoms. The van der Waals surface area contributed by atoms with Gasteiger partial charge in [0.2, 0.25) is 5.91 Å². The summed E-state index contributed by atoms with van der Waals surface area (Å²) in [6.07, 6.45) is -4.42. The number of halogens is 6. The molecule has 1 amide bonds. The number of amides is 1. The maximum absolute atomic E-state index is 13.7. The summed E-state index contributed by atoms with van der Waals surface area (Å²) < 4.78 is 65.9. The Kier molecular flexibility index (Phi) is 5.09. The van der Waals surface area contributed by atoms with Crippen molar-refractivity contribution in [1.82, 2.24) is 4.90 Å². The van der Waals surface area contributed by atoms with Gasteiger partial charge in [0.1, 0.15) is 17.7 Å². The van der Waals surface area contributed by atoms with E-state index in [2.05, 4.69) is 15.9 Å². The van der Waals surface area contributed by atoms with Crippen molar-refractivity contribution in [3.8, 4) is 0 Å². The Balaban J connectivity index is 2.19. The molecule has 1 atom stereocenters. The molecule has 1 aliphatic rings. The number of hydrogen-bond acceptors (Lipinski definition) is 1. The molecule has 0 saturated carbocycles. The molecule has 2 nitrogen and oxygen atoms in total. The van der Waals surface area contributed by atoms with Gasteiger partial charge in [-0.05, 0) is 47.3 Å². The molecule has 2 rings (SSSR count). The van der Waals surface area contributed by atoms with Crippen molar-refractivity contribution in [2.75, 3.05) is 6.54 Å². The zero-order valence-corrected chi connectivity index (χ0v) is 13.0. The van der Waals surface area contributed by atoms with Crippen LogP contribution in [0.5, 0.6) is 0 Å². The third-order valence-electron chi connectivity index (χ3n) is 3.63. The highest BCUT2D eigenvalue weighted by molar-refractivity contribution is 9.10. The fourth-order valence-electron chi connectivity index (χ4n) is 2.53. The molecule has 1 aromatic rings. The molecule has 0 aromatic heterocycles. The molecule has 1 aliphatic heterocycles. The van der Waals surface area contributed by atoms with Crippen LogP contribution in [0.25, 0.3) is 0 Å². The second kappa shape index (κ2) is 6.52. The predicted octanol–water partition coefficient (Wildman–Crippen LogP) is 4.21. The molecule has 0 bridgehead atoms. The van der Waals surface area contributed by atoms with Crippen LogP contribution >= 0.6 is 15.9 Å². The fourth-order valence-corrected chi connectivity index (χ4v) is 2.85. The molecular formula is C14H13BrF5NO. The molecule has 8 heteroatoms. The van der Waals surface area contributed by atoms with Crippen LogP contribution in [-0.2, 0) is 11.2 Å². The van der Waals surface area contributed by atoms with Gasteiger partial charge >= 0.3 is 6.18 Å². The van der Waals surface area contributed by atoms with Crippen LogP contribution in [0.15, 0.2) is 16.6 Å². The van der Waals surface area contributed by atoms with Crippen LogP contribution in [0.2, 0.25) is 0 Å². The van der Waals surface area contributed by atoms with Crippen molar-refractivity contribution in [2.24, 2.45) is 0 Å². The highest BCUT2D eigenvalue weighted by Crippen LogP contribution is 2.32. The van der Waals surface area contributed by atoms with E-state index in [9.17, 15) is 26.7 Å². The van der Waals surface area contributed by atoms with Gasteiger partial charge in [-0.2, -0.15) is 13.2 Å². The molecule has 1 saturated heterocycles. The van der Waals surface area contributed by atoms with Gasteiger partial charge in [0.15, 0.2) is 0 Å². The normalized spacial score (nSPS) is 19.4. The number of likely N-dealkylation sites (tertiary alicyclic amines) is 1. The van der Waals surface area contributed by atoms with Crippen molar-refractivity contribution in [3.05, 3.63) is 33.8 Å². The fraction of sp³-hybridized carbons (Fsp3) is 0.500. The number of piperidine rings is 1. The average Bonchev–Trinajstić information content (AvgIpc) is 2.43. The Labute approximate surface area is 132 Å². The van der Waals surface area contributed by atoms with Gasteiger partial charge in [0.05, 0.1) is 10.9 Å². The molecule has 1 heterocycles. The van der Waals surface area contributed by atoms with E-state index in [-0.39, 0.29) is 23.0 Å². The van der Waals surface area contributed by atoms with Crippen LogP contribution in [0.1, 0.15) is 24.8 Å². The predicted molar refractivity (Wildman–Crippen MR) is 73.2 cm³/mol. The van der Waals surface area contributed by atoms with Gasteiger partial charge in [-0.15, -0.1) is 0 Å². The summed E-state index contributed by atoms with van der Waals surface area (Å²) in [4.78, 5) is 12.8. The standard InChI is InChI=1S/C14H13BrF5NO/c15-9-7-10(16)8(5-11(9)17)6-13(22)21-4-2-1-3-12(21)14(18,19)20/h5,7,12H,1-4,6H2. The molecule has 1 aromatic carbocycles. The summed E-state index contributed by atoms with van der Waals surface area (Å²) in [5, 5.41) is 0.